The number of benzene rings is 2. The standard InChI is InChI=1S/C24H17F7N2O2/c25-20-10-19(11-32-12-20)22(35)5-6-33(13-22)21(34)15-3-1-14(2-4-15)16-7-17(23(26,27)28)9-18(8-16)24(29,30)31/h1-4,7-12,35H,5-6,13H2. The van der Waals surface area contributed by atoms with Gasteiger partial charge < -0.3 is 10.0 Å². The first-order valence-electron chi connectivity index (χ1n) is 10.3. The number of aliphatic hydroxyl groups is 1. The van der Waals surface area contributed by atoms with Crippen LogP contribution in [0.3, 0.4) is 0 Å². The smallest absolute Gasteiger partial charge is 0.383 e. The zero-order valence-electron chi connectivity index (χ0n) is 17.8. The molecule has 0 aliphatic carbocycles. The van der Waals surface area contributed by atoms with Crippen molar-refractivity contribution in [2.24, 2.45) is 0 Å². The van der Waals surface area contributed by atoms with Crippen LogP contribution >= 0.6 is 0 Å². The molecular weight excluding hydrogens is 481 g/mol. The van der Waals surface area contributed by atoms with Crippen LogP contribution in [-0.4, -0.2) is 34.0 Å². The number of carbonyl (C=O) groups excluding carboxylic acids is 1. The van der Waals surface area contributed by atoms with Gasteiger partial charge in [0.05, 0.1) is 23.9 Å². The summed E-state index contributed by atoms with van der Waals surface area (Å²) in [6.45, 7) is 0.0114. The van der Waals surface area contributed by atoms with Crippen LogP contribution in [0.1, 0.15) is 33.5 Å². The number of nitrogens with zero attached hydrogens (tertiary/aromatic N) is 2. The van der Waals surface area contributed by atoms with Gasteiger partial charge in [0.1, 0.15) is 11.4 Å². The zero-order valence-corrected chi connectivity index (χ0v) is 17.8. The molecule has 2 aromatic carbocycles. The molecule has 1 fully saturated rings. The molecule has 1 amide bonds. The van der Waals surface area contributed by atoms with E-state index < -0.39 is 40.8 Å². The van der Waals surface area contributed by atoms with Gasteiger partial charge in [-0.2, -0.15) is 26.3 Å². The van der Waals surface area contributed by atoms with Crippen LogP contribution < -0.4 is 0 Å². The van der Waals surface area contributed by atoms with Crippen molar-refractivity contribution in [2.45, 2.75) is 24.4 Å². The molecule has 184 valence electrons. The van der Waals surface area contributed by atoms with E-state index in [0.717, 1.165) is 12.3 Å². The molecule has 1 saturated heterocycles. The fourth-order valence-corrected chi connectivity index (χ4v) is 3.98. The molecule has 0 spiro atoms. The molecule has 4 nitrogen and oxygen atoms in total. The summed E-state index contributed by atoms with van der Waals surface area (Å²) < 4.78 is 92.3. The molecule has 2 heterocycles. The lowest BCUT2D eigenvalue weighted by molar-refractivity contribution is -0.143. The van der Waals surface area contributed by atoms with E-state index in [0.29, 0.717) is 12.1 Å². The van der Waals surface area contributed by atoms with E-state index in [1.54, 1.807) is 0 Å². The average molecular weight is 498 g/mol. The summed E-state index contributed by atoms with van der Waals surface area (Å²) in [4.78, 5) is 17.9. The SMILES string of the molecule is O=C(c1ccc(-c2cc(C(F)(F)F)cc(C(F)(F)F)c2)cc1)N1CCC(O)(c2cncc(F)c2)C1. The predicted molar refractivity (Wildman–Crippen MR) is 110 cm³/mol. The van der Waals surface area contributed by atoms with Crippen LogP contribution in [0.4, 0.5) is 30.7 Å². The van der Waals surface area contributed by atoms with Crippen LogP contribution in [0, 0.1) is 5.82 Å². The number of likely N-dealkylation sites (tertiary alicyclic amines) is 1. The topological polar surface area (TPSA) is 53.4 Å². The summed E-state index contributed by atoms with van der Waals surface area (Å²) >= 11 is 0. The fourth-order valence-electron chi connectivity index (χ4n) is 3.98. The number of hydrogen-bond donors (Lipinski definition) is 1. The largest absolute Gasteiger partial charge is 0.416 e. The van der Waals surface area contributed by atoms with Crippen LogP contribution in [0.5, 0.6) is 0 Å². The molecular formula is C24H17F7N2O2. The molecule has 1 unspecified atom stereocenters. The quantitative estimate of drug-likeness (QED) is 0.475. The third-order valence-corrected chi connectivity index (χ3v) is 5.83. The maximum atomic E-state index is 13.5. The van der Waals surface area contributed by atoms with Crippen molar-refractivity contribution >= 4 is 5.91 Å². The summed E-state index contributed by atoms with van der Waals surface area (Å²) in [7, 11) is 0. The molecule has 35 heavy (non-hydrogen) atoms. The molecule has 1 aromatic heterocycles. The van der Waals surface area contributed by atoms with Crippen molar-refractivity contribution in [1.82, 2.24) is 9.88 Å². The highest BCUT2D eigenvalue weighted by molar-refractivity contribution is 5.95. The van der Waals surface area contributed by atoms with Crippen LogP contribution in [0.15, 0.2) is 60.9 Å². The highest BCUT2D eigenvalue weighted by Crippen LogP contribution is 2.39. The number of β-amino-alcohol motifs (C(OH)–C–C–N with tert-alkyl or cyclic N) is 1. The van der Waals surface area contributed by atoms with Crippen LogP contribution in [0.25, 0.3) is 11.1 Å². The second kappa shape index (κ2) is 8.63. The fraction of sp³-hybridized carbons (Fsp3) is 0.250. The maximum absolute atomic E-state index is 13.5. The molecule has 4 rings (SSSR count). The third-order valence-electron chi connectivity index (χ3n) is 5.83. The lowest BCUT2D eigenvalue weighted by Gasteiger charge is -2.23. The first-order valence-corrected chi connectivity index (χ1v) is 10.3. The number of carbonyl (C=O) groups is 1. The highest BCUT2D eigenvalue weighted by atomic mass is 19.4. The average Bonchev–Trinajstić information content (AvgIpc) is 3.21. The molecule has 0 radical (unpaired) electrons. The van der Waals surface area contributed by atoms with Gasteiger partial charge in [0, 0.05) is 23.9 Å². The van der Waals surface area contributed by atoms with Gasteiger partial charge in [-0.25, -0.2) is 4.39 Å². The Morgan fingerprint density at radius 3 is 2.03 bits per heavy atom. The van der Waals surface area contributed by atoms with E-state index in [1.165, 1.54) is 35.4 Å². The monoisotopic (exact) mass is 498 g/mol. The molecule has 1 aliphatic heterocycles. The van der Waals surface area contributed by atoms with E-state index in [-0.39, 0.29) is 47.8 Å². The number of halogens is 7. The van der Waals surface area contributed by atoms with Crippen LogP contribution in [-0.2, 0) is 18.0 Å². The van der Waals surface area contributed by atoms with Crippen LogP contribution in [0.2, 0.25) is 0 Å². The predicted octanol–water partition coefficient (Wildman–Crippen LogP) is 5.66. The summed E-state index contributed by atoms with van der Waals surface area (Å²) in [5.41, 5.74) is -4.29. The van der Waals surface area contributed by atoms with Gasteiger partial charge in [-0.05, 0) is 53.9 Å². The van der Waals surface area contributed by atoms with E-state index in [4.69, 9.17) is 0 Å². The number of alkyl halides is 6. The molecule has 1 atom stereocenters. The minimum Gasteiger partial charge on any atom is -0.383 e. The Morgan fingerprint density at radius 2 is 1.49 bits per heavy atom. The first kappa shape index (κ1) is 24.6. The first-order chi connectivity index (χ1) is 16.3. The molecule has 3 aromatic rings. The third kappa shape index (κ3) is 5.14. The van der Waals surface area contributed by atoms with Crippen molar-refractivity contribution in [3.63, 3.8) is 0 Å². The summed E-state index contributed by atoms with van der Waals surface area (Å²) in [6, 6.07) is 7.46. The zero-order chi connectivity index (χ0) is 25.6. The minimum absolute atomic E-state index is 0.0457. The Morgan fingerprint density at radius 1 is 0.886 bits per heavy atom. The van der Waals surface area contributed by atoms with E-state index in [9.17, 15) is 40.6 Å². The Bertz CT molecular complexity index is 1220. The van der Waals surface area contributed by atoms with Crippen molar-refractivity contribution < 1.29 is 40.6 Å². The number of aromatic nitrogens is 1. The van der Waals surface area contributed by atoms with Crippen molar-refractivity contribution in [2.75, 3.05) is 13.1 Å². The lowest BCUT2D eigenvalue weighted by Crippen LogP contribution is -2.34. The van der Waals surface area contributed by atoms with Gasteiger partial charge in [-0.3, -0.25) is 9.78 Å². The highest BCUT2D eigenvalue weighted by Gasteiger charge is 2.40. The van der Waals surface area contributed by atoms with Gasteiger partial charge in [0.2, 0.25) is 0 Å². The van der Waals surface area contributed by atoms with Crippen molar-refractivity contribution in [1.29, 1.82) is 0 Å². The lowest BCUT2D eigenvalue weighted by atomic mass is 9.94. The Hall–Kier alpha value is -3.47. The van der Waals surface area contributed by atoms with Gasteiger partial charge >= 0.3 is 12.4 Å². The number of pyridine rings is 1. The second-order valence-corrected chi connectivity index (χ2v) is 8.27. The van der Waals surface area contributed by atoms with E-state index >= 15 is 0 Å². The van der Waals surface area contributed by atoms with E-state index in [1.807, 2.05) is 0 Å². The molecule has 11 heteroatoms. The molecule has 0 saturated carbocycles. The number of hydrogen-bond acceptors (Lipinski definition) is 3. The van der Waals surface area contributed by atoms with E-state index in [2.05, 4.69) is 4.98 Å². The summed E-state index contributed by atoms with van der Waals surface area (Å²) in [6.07, 6.45) is -7.54. The molecule has 1 N–H and O–H groups in total. The van der Waals surface area contributed by atoms with Gasteiger partial charge in [-0.1, -0.05) is 12.1 Å². The Balaban J connectivity index is 1.57. The summed E-state index contributed by atoms with van der Waals surface area (Å²) in [5.74, 6) is -1.14. The number of rotatable bonds is 3. The normalized spacial score (nSPS) is 18.7. The summed E-state index contributed by atoms with van der Waals surface area (Å²) in [5, 5.41) is 10.8. The van der Waals surface area contributed by atoms with Crippen molar-refractivity contribution in [3.05, 3.63) is 89.0 Å². The molecule has 1 aliphatic rings. The minimum atomic E-state index is -4.98. The Kier molecular flexibility index (Phi) is 6.08. The second-order valence-electron chi connectivity index (χ2n) is 8.27. The maximum Gasteiger partial charge on any atom is 0.416 e. The molecule has 0 bridgehead atoms. The van der Waals surface area contributed by atoms with Gasteiger partial charge in [0.25, 0.3) is 5.91 Å². The van der Waals surface area contributed by atoms with Gasteiger partial charge in [-0.15, -0.1) is 0 Å². The van der Waals surface area contributed by atoms with Crippen molar-refractivity contribution in [3.8, 4) is 11.1 Å². The number of amides is 1. The Labute approximate surface area is 194 Å². The van der Waals surface area contributed by atoms with Gasteiger partial charge in [0.15, 0.2) is 0 Å².